The lowest BCUT2D eigenvalue weighted by Gasteiger charge is -2.12. The van der Waals surface area contributed by atoms with Crippen molar-refractivity contribution in [3.63, 3.8) is 0 Å². The van der Waals surface area contributed by atoms with Crippen LogP contribution < -0.4 is 0 Å². The van der Waals surface area contributed by atoms with E-state index in [4.69, 9.17) is 25.8 Å². The van der Waals surface area contributed by atoms with Crippen LogP contribution in [0.3, 0.4) is 0 Å². The van der Waals surface area contributed by atoms with Gasteiger partial charge in [-0.25, -0.2) is 14.8 Å². The fraction of sp³-hybridized carbons (Fsp3) is 0.0870. The number of hydrogen-bond acceptors (Lipinski definition) is 7. The summed E-state index contributed by atoms with van der Waals surface area (Å²) in [6.07, 6.45) is 6.47. The Balaban J connectivity index is 1.78. The van der Waals surface area contributed by atoms with Crippen molar-refractivity contribution in [3.05, 3.63) is 78.3 Å². The molecule has 4 aromatic heterocycles. The number of ether oxygens (including phenoxy) is 1. The summed E-state index contributed by atoms with van der Waals surface area (Å²) in [6, 6.07) is 13.5. The predicted octanol–water partition coefficient (Wildman–Crippen LogP) is 4.94. The van der Waals surface area contributed by atoms with Gasteiger partial charge in [0.1, 0.15) is 11.9 Å². The summed E-state index contributed by atoms with van der Waals surface area (Å²) >= 11 is 6.57. The van der Waals surface area contributed by atoms with E-state index in [0.717, 1.165) is 16.7 Å². The van der Waals surface area contributed by atoms with Gasteiger partial charge < -0.3 is 9.26 Å². The highest BCUT2D eigenvalue weighted by Crippen LogP contribution is 2.36. The second-order valence-corrected chi connectivity index (χ2v) is 7.16. The number of aromatic nitrogens is 5. The molecule has 4 heterocycles. The van der Waals surface area contributed by atoms with Gasteiger partial charge in [-0.05, 0) is 36.2 Å². The van der Waals surface area contributed by atoms with Crippen LogP contribution in [0.2, 0.25) is 5.28 Å². The normalized spacial score (nSPS) is 11.1. The van der Waals surface area contributed by atoms with E-state index in [9.17, 15) is 4.79 Å². The maximum Gasteiger partial charge on any atom is 0.361 e. The van der Waals surface area contributed by atoms with Gasteiger partial charge >= 0.3 is 5.97 Å². The highest BCUT2D eigenvalue weighted by Gasteiger charge is 2.24. The first-order valence-corrected chi connectivity index (χ1v) is 10.2. The number of esters is 1. The SMILES string of the molecule is CCOC(=O)c1nocc1-c1cn2c(Cl)nc(-c3ccccc3)c(-c3ccncc3)c2n1. The zero-order valence-corrected chi connectivity index (χ0v) is 17.7. The standard InChI is InChI=1S/C23H16ClN5O3/c1-2-31-22(30)20-16(13-32-28-20)17-12-29-21(26-17)18(14-8-10-25-11-9-14)19(27-23(29)24)15-6-4-3-5-7-15/h3-13H,2H2,1H3. The summed E-state index contributed by atoms with van der Waals surface area (Å²) in [4.78, 5) is 25.9. The minimum Gasteiger partial charge on any atom is -0.461 e. The van der Waals surface area contributed by atoms with E-state index in [2.05, 4.69) is 15.1 Å². The summed E-state index contributed by atoms with van der Waals surface area (Å²) in [5, 5.41) is 4.02. The van der Waals surface area contributed by atoms with Crippen LogP contribution in [-0.4, -0.2) is 37.1 Å². The second-order valence-electron chi connectivity index (χ2n) is 6.82. The van der Waals surface area contributed by atoms with Gasteiger partial charge in [0, 0.05) is 24.2 Å². The van der Waals surface area contributed by atoms with Gasteiger partial charge in [-0.3, -0.25) is 9.38 Å². The molecule has 0 aliphatic rings. The molecule has 0 spiro atoms. The summed E-state index contributed by atoms with van der Waals surface area (Å²) in [6.45, 7) is 1.94. The van der Waals surface area contributed by atoms with Crippen molar-refractivity contribution in [2.75, 3.05) is 6.61 Å². The van der Waals surface area contributed by atoms with Crippen LogP contribution in [0.5, 0.6) is 0 Å². The first kappa shape index (κ1) is 19.9. The number of benzene rings is 1. The molecule has 0 unspecified atom stereocenters. The monoisotopic (exact) mass is 445 g/mol. The topological polar surface area (TPSA) is 95.4 Å². The lowest BCUT2D eigenvalue weighted by atomic mass is 10.0. The molecule has 0 bridgehead atoms. The Morgan fingerprint density at radius 3 is 2.62 bits per heavy atom. The van der Waals surface area contributed by atoms with Crippen molar-refractivity contribution in [3.8, 4) is 33.6 Å². The Morgan fingerprint density at radius 2 is 1.88 bits per heavy atom. The van der Waals surface area contributed by atoms with Crippen LogP contribution in [0.15, 0.2) is 71.8 Å². The summed E-state index contributed by atoms with van der Waals surface area (Å²) < 4.78 is 11.8. The molecule has 0 saturated heterocycles. The third-order valence-corrected chi connectivity index (χ3v) is 5.17. The Morgan fingerprint density at radius 1 is 1.09 bits per heavy atom. The van der Waals surface area contributed by atoms with Crippen molar-refractivity contribution in [1.82, 2.24) is 24.5 Å². The van der Waals surface area contributed by atoms with E-state index in [1.165, 1.54) is 6.26 Å². The van der Waals surface area contributed by atoms with Gasteiger partial charge in [0.2, 0.25) is 11.0 Å². The molecule has 0 atom stereocenters. The zero-order chi connectivity index (χ0) is 22.1. The number of halogens is 1. The molecule has 0 radical (unpaired) electrons. The highest BCUT2D eigenvalue weighted by atomic mass is 35.5. The fourth-order valence-corrected chi connectivity index (χ4v) is 3.70. The van der Waals surface area contributed by atoms with E-state index in [1.807, 2.05) is 42.5 Å². The third-order valence-electron chi connectivity index (χ3n) is 4.90. The third kappa shape index (κ3) is 3.40. The van der Waals surface area contributed by atoms with E-state index >= 15 is 0 Å². The number of fused-ring (bicyclic) bond motifs is 1. The lowest BCUT2D eigenvalue weighted by Crippen LogP contribution is -2.06. The van der Waals surface area contributed by atoms with E-state index in [0.29, 0.717) is 22.6 Å². The number of carbonyl (C=O) groups is 1. The molecule has 0 aliphatic carbocycles. The molecule has 0 aliphatic heterocycles. The molecular formula is C23H16ClN5O3. The molecule has 5 aromatic rings. The number of rotatable bonds is 5. The molecule has 158 valence electrons. The largest absolute Gasteiger partial charge is 0.461 e. The van der Waals surface area contributed by atoms with Crippen molar-refractivity contribution in [2.45, 2.75) is 6.92 Å². The van der Waals surface area contributed by atoms with Crippen molar-refractivity contribution in [2.24, 2.45) is 0 Å². The Labute approximate surface area is 187 Å². The van der Waals surface area contributed by atoms with Gasteiger partial charge in [0.15, 0.2) is 0 Å². The van der Waals surface area contributed by atoms with Gasteiger partial charge in [-0.15, -0.1) is 0 Å². The van der Waals surface area contributed by atoms with E-state index in [-0.39, 0.29) is 17.6 Å². The van der Waals surface area contributed by atoms with Gasteiger partial charge in [-0.1, -0.05) is 35.5 Å². The fourth-order valence-electron chi connectivity index (χ4n) is 3.49. The average molecular weight is 446 g/mol. The van der Waals surface area contributed by atoms with Crippen molar-refractivity contribution < 1.29 is 14.1 Å². The first-order chi connectivity index (χ1) is 15.7. The molecule has 0 amide bonds. The maximum absolute atomic E-state index is 12.3. The van der Waals surface area contributed by atoms with Crippen LogP contribution in [0, 0.1) is 0 Å². The smallest absolute Gasteiger partial charge is 0.361 e. The number of nitrogens with zero attached hydrogens (tertiary/aromatic N) is 5. The first-order valence-electron chi connectivity index (χ1n) is 9.83. The molecule has 1 aromatic carbocycles. The summed E-state index contributed by atoms with van der Waals surface area (Å²) in [5.74, 6) is -0.586. The van der Waals surface area contributed by atoms with Gasteiger partial charge in [0.25, 0.3) is 0 Å². The molecular weight excluding hydrogens is 430 g/mol. The molecule has 0 fully saturated rings. The minimum atomic E-state index is -0.586. The predicted molar refractivity (Wildman–Crippen MR) is 118 cm³/mol. The molecule has 8 nitrogen and oxygen atoms in total. The average Bonchev–Trinajstić information content (AvgIpc) is 3.48. The number of carbonyl (C=O) groups excluding carboxylic acids is 1. The molecule has 5 rings (SSSR count). The zero-order valence-electron chi connectivity index (χ0n) is 16.9. The molecule has 0 N–H and O–H groups in total. The Kier molecular flexibility index (Phi) is 5.12. The summed E-state index contributed by atoms with van der Waals surface area (Å²) in [7, 11) is 0. The number of imidazole rings is 1. The molecule has 32 heavy (non-hydrogen) atoms. The summed E-state index contributed by atoms with van der Waals surface area (Å²) in [5.41, 5.74) is 4.72. The minimum absolute atomic E-state index is 0.0491. The van der Waals surface area contributed by atoms with Crippen LogP contribution in [0.4, 0.5) is 0 Å². The maximum atomic E-state index is 12.3. The van der Waals surface area contributed by atoms with Crippen molar-refractivity contribution in [1.29, 1.82) is 0 Å². The lowest BCUT2D eigenvalue weighted by molar-refractivity contribution is 0.0515. The van der Waals surface area contributed by atoms with E-state index in [1.54, 1.807) is 29.9 Å². The van der Waals surface area contributed by atoms with Gasteiger partial charge in [0.05, 0.1) is 29.1 Å². The Bertz CT molecular complexity index is 1410. The number of pyridine rings is 1. The van der Waals surface area contributed by atoms with Gasteiger partial charge in [-0.2, -0.15) is 0 Å². The molecule has 0 saturated carbocycles. The highest BCUT2D eigenvalue weighted by molar-refractivity contribution is 6.29. The molecule has 9 heteroatoms. The quantitative estimate of drug-likeness (QED) is 0.279. The number of hydrogen-bond donors (Lipinski definition) is 0. The van der Waals surface area contributed by atoms with E-state index < -0.39 is 5.97 Å². The van der Waals surface area contributed by atoms with Crippen LogP contribution in [0.25, 0.3) is 39.3 Å². The second kappa shape index (κ2) is 8.24. The van der Waals surface area contributed by atoms with Crippen LogP contribution in [-0.2, 0) is 4.74 Å². The van der Waals surface area contributed by atoms with Crippen molar-refractivity contribution >= 4 is 23.2 Å². The Hall–Kier alpha value is -4.04. The van der Waals surface area contributed by atoms with Crippen LogP contribution in [0.1, 0.15) is 17.4 Å². The van der Waals surface area contributed by atoms with Crippen LogP contribution >= 0.6 is 11.6 Å².